The Morgan fingerprint density at radius 1 is 1.20 bits per heavy atom. The standard InChI is InChI=1S/C14H12N2O3S/c1-17-8-5-11(18-2)14-12(6-8)19-10(7-13(14)20)9-3-4-15-16-9/h3-7H,1-2H3,(H,15,16). The van der Waals surface area contributed by atoms with Crippen LogP contribution in [0, 0.1) is 4.51 Å². The second-order valence-corrected chi connectivity index (χ2v) is 4.58. The van der Waals surface area contributed by atoms with E-state index in [2.05, 4.69) is 10.2 Å². The Labute approximate surface area is 120 Å². The third-order valence-corrected chi connectivity index (χ3v) is 3.30. The second-order valence-electron chi connectivity index (χ2n) is 4.14. The van der Waals surface area contributed by atoms with Crippen LogP contribution in [0.4, 0.5) is 0 Å². The van der Waals surface area contributed by atoms with Gasteiger partial charge < -0.3 is 13.9 Å². The normalized spacial score (nSPS) is 10.7. The lowest BCUT2D eigenvalue weighted by Gasteiger charge is -2.09. The lowest BCUT2D eigenvalue weighted by molar-refractivity contribution is 0.396. The number of nitrogens with zero attached hydrogens (tertiary/aromatic N) is 1. The molecule has 2 aromatic heterocycles. The van der Waals surface area contributed by atoms with Gasteiger partial charge in [0.05, 0.1) is 24.1 Å². The summed E-state index contributed by atoms with van der Waals surface area (Å²) < 4.78 is 17.1. The molecule has 0 aliphatic rings. The zero-order valence-electron chi connectivity index (χ0n) is 11.0. The van der Waals surface area contributed by atoms with Crippen LogP contribution in [0.25, 0.3) is 22.4 Å². The fourth-order valence-corrected chi connectivity index (χ4v) is 2.34. The van der Waals surface area contributed by atoms with Gasteiger partial charge in [0.2, 0.25) is 0 Å². The Hall–Kier alpha value is -2.34. The van der Waals surface area contributed by atoms with Crippen LogP contribution in [0.2, 0.25) is 0 Å². The quantitative estimate of drug-likeness (QED) is 0.747. The monoisotopic (exact) mass is 288 g/mol. The number of ether oxygens (including phenoxy) is 2. The maximum absolute atomic E-state index is 5.86. The molecule has 0 aliphatic carbocycles. The molecule has 0 atom stereocenters. The SMILES string of the molecule is COc1cc(OC)c2c(=S)cc(-c3cc[nH]n3)oc2c1. The van der Waals surface area contributed by atoms with Crippen molar-refractivity contribution in [2.75, 3.05) is 14.2 Å². The third-order valence-electron chi connectivity index (χ3n) is 2.98. The van der Waals surface area contributed by atoms with E-state index in [1.165, 1.54) is 0 Å². The van der Waals surface area contributed by atoms with E-state index in [9.17, 15) is 0 Å². The Morgan fingerprint density at radius 3 is 2.70 bits per heavy atom. The van der Waals surface area contributed by atoms with Crippen LogP contribution in [0.1, 0.15) is 0 Å². The molecule has 6 heteroatoms. The number of nitrogens with one attached hydrogen (secondary N) is 1. The average molecular weight is 288 g/mol. The smallest absolute Gasteiger partial charge is 0.156 e. The summed E-state index contributed by atoms with van der Waals surface area (Å²) >= 11 is 5.43. The van der Waals surface area contributed by atoms with E-state index in [1.807, 2.05) is 6.07 Å². The number of hydrogen-bond acceptors (Lipinski definition) is 5. The van der Waals surface area contributed by atoms with E-state index < -0.39 is 0 Å². The van der Waals surface area contributed by atoms with Crippen molar-refractivity contribution in [3.63, 3.8) is 0 Å². The summed E-state index contributed by atoms with van der Waals surface area (Å²) in [5.74, 6) is 1.87. The van der Waals surface area contributed by atoms with Crippen LogP contribution < -0.4 is 9.47 Å². The largest absolute Gasteiger partial charge is 0.496 e. The van der Waals surface area contributed by atoms with Gasteiger partial charge in [-0.1, -0.05) is 12.2 Å². The van der Waals surface area contributed by atoms with Crippen LogP contribution in [-0.4, -0.2) is 24.4 Å². The number of hydrogen-bond donors (Lipinski definition) is 1. The minimum atomic E-state index is 0.596. The van der Waals surface area contributed by atoms with E-state index in [-0.39, 0.29) is 0 Å². The van der Waals surface area contributed by atoms with Crippen molar-refractivity contribution in [1.29, 1.82) is 0 Å². The minimum Gasteiger partial charge on any atom is -0.496 e. The van der Waals surface area contributed by atoms with Gasteiger partial charge in [0.25, 0.3) is 0 Å². The maximum Gasteiger partial charge on any atom is 0.156 e. The van der Waals surface area contributed by atoms with Gasteiger partial charge in [-0.15, -0.1) is 0 Å². The van der Waals surface area contributed by atoms with Crippen molar-refractivity contribution in [2.24, 2.45) is 0 Å². The second kappa shape index (κ2) is 4.97. The van der Waals surface area contributed by atoms with Gasteiger partial charge in [0.1, 0.15) is 22.8 Å². The van der Waals surface area contributed by atoms with Crippen LogP contribution in [0.15, 0.2) is 34.9 Å². The molecule has 0 unspecified atom stereocenters. The molecular formula is C14H12N2O3S. The average Bonchev–Trinajstić information content (AvgIpc) is 2.99. The first-order valence-corrected chi connectivity index (χ1v) is 6.34. The van der Waals surface area contributed by atoms with Crippen molar-refractivity contribution in [1.82, 2.24) is 10.2 Å². The molecule has 1 aromatic carbocycles. The summed E-state index contributed by atoms with van der Waals surface area (Å²) in [4.78, 5) is 0. The highest BCUT2D eigenvalue weighted by atomic mass is 32.1. The molecule has 20 heavy (non-hydrogen) atoms. The molecule has 1 N–H and O–H groups in total. The fraction of sp³-hybridized carbons (Fsp3) is 0.143. The molecule has 3 rings (SSSR count). The van der Waals surface area contributed by atoms with E-state index in [1.54, 1.807) is 38.6 Å². The Morgan fingerprint density at radius 2 is 2.05 bits per heavy atom. The highest BCUT2D eigenvalue weighted by Gasteiger charge is 2.12. The number of rotatable bonds is 3. The molecule has 2 heterocycles. The Bertz CT molecular complexity index is 809. The highest BCUT2D eigenvalue weighted by molar-refractivity contribution is 7.71. The lowest BCUT2D eigenvalue weighted by atomic mass is 10.2. The molecule has 5 nitrogen and oxygen atoms in total. The molecule has 0 spiro atoms. The van der Waals surface area contributed by atoms with Crippen molar-refractivity contribution < 1.29 is 13.9 Å². The zero-order chi connectivity index (χ0) is 14.1. The zero-order valence-corrected chi connectivity index (χ0v) is 11.8. The molecule has 0 aliphatic heterocycles. The van der Waals surface area contributed by atoms with E-state index in [0.717, 1.165) is 5.39 Å². The van der Waals surface area contributed by atoms with Gasteiger partial charge in [-0.05, 0) is 6.07 Å². The maximum atomic E-state index is 5.86. The van der Waals surface area contributed by atoms with Gasteiger partial charge in [0.15, 0.2) is 5.76 Å². The van der Waals surface area contributed by atoms with Crippen LogP contribution in [0.3, 0.4) is 0 Å². The van der Waals surface area contributed by atoms with Crippen LogP contribution in [0.5, 0.6) is 11.5 Å². The summed E-state index contributed by atoms with van der Waals surface area (Å²) in [6.45, 7) is 0. The predicted molar refractivity (Wildman–Crippen MR) is 77.7 cm³/mol. The molecule has 0 amide bonds. The predicted octanol–water partition coefficient (Wildman–Crippen LogP) is 3.57. The van der Waals surface area contributed by atoms with Crippen molar-refractivity contribution in [3.05, 3.63) is 35.0 Å². The van der Waals surface area contributed by atoms with E-state index >= 15 is 0 Å². The van der Waals surface area contributed by atoms with Gasteiger partial charge >= 0.3 is 0 Å². The first kappa shape index (κ1) is 12.7. The first-order chi connectivity index (χ1) is 9.72. The molecule has 0 saturated heterocycles. The summed E-state index contributed by atoms with van der Waals surface area (Å²) in [5, 5.41) is 7.59. The molecule has 0 radical (unpaired) electrons. The Balaban J connectivity index is 2.33. The number of fused-ring (bicyclic) bond motifs is 1. The summed E-state index contributed by atoms with van der Waals surface area (Å²) in [6, 6.07) is 7.14. The number of H-pyrrole nitrogens is 1. The number of benzene rings is 1. The van der Waals surface area contributed by atoms with Crippen molar-refractivity contribution in [2.45, 2.75) is 0 Å². The summed E-state index contributed by atoms with van der Waals surface area (Å²) in [5.41, 5.74) is 1.30. The minimum absolute atomic E-state index is 0.596. The van der Waals surface area contributed by atoms with Crippen LogP contribution in [-0.2, 0) is 0 Å². The first-order valence-electron chi connectivity index (χ1n) is 5.93. The van der Waals surface area contributed by atoms with E-state index in [0.29, 0.717) is 33.0 Å². The van der Waals surface area contributed by atoms with Gasteiger partial charge in [-0.2, -0.15) is 5.10 Å². The molecule has 0 bridgehead atoms. The topological polar surface area (TPSA) is 60.3 Å². The van der Waals surface area contributed by atoms with Crippen molar-refractivity contribution >= 4 is 23.2 Å². The summed E-state index contributed by atoms with van der Waals surface area (Å²) in [7, 11) is 3.18. The highest BCUT2D eigenvalue weighted by Crippen LogP contribution is 2.34. The molecule has 0 fully saturated rings. The van der Waals surface area contributed by atoms with E-state index in [4.69, 9.17) is 26.1 Å². The molecule has 0 saturated carbocycles. The molecule has 102 valence electrons. The van der Waals surface area contributed by atoms with Gasteiger partial charge in [-0.25, -0.2) is 0 Å². The fourth-order valence-electron chi connectivity index (χ4n) is 2.03. The number of aromatic amines is 1. The molecular weight excluding hydrogens is 276 g/mol. The lowest BCUT2D eigenvalue weighted by Crippen LogP contribution is -1.90. The number of methoxy groups -OCH3 is 2. The number of aromatic nitrogens is 2. The Kier molecular flexibility index (Phi) is 3.15. The van der Waals surface area contributed by atoms with Gasteiger partial charge in [0, 0.05) is 24.4 Å². The summed E-state index contributed by atoms with van der Waals surface area (Å²) in [6.07, 6.45) is 1.73. The third kappa shape index (κ3) is 2.04. The van der Waals surface area contributed by atoms with Crippen molar-refractivity contribution in [3.8, 4) is 23.0 Å². The van der Waals surface area contributed by atoms with Crippen LogP contribution >= 0.6 is 12.2 Å². The molecule has 3 aromatic rings. The van der Waals surface area contributed by atoms with Gasteiger partial charge in [-0.3, -0.25) is 5.10 Å².